The fourth-order valence-electron chi connectivity index (χ4n) is 6.48. The van der Waals surface area contributed by atoms with Gasteiger partial charge in [0.1, 0.15) is 23.7 Å². The van der Waals surface area contributed by atoms with Crippen LogP contribution >= 0.6 is 0 Å². The zero-order valence-electron chi connectivity index (χ0n) is 28.9. The molecule has 0 spiro atoms. The highest BCUT2D eigenvalue weighted by Crippen LogP contribution is 2.35. The molecule has 2 aliphatic heterocycles. The number of hydrogen-bond donors (Lipinski definition) is 4. The summed E-state index contributed by atoms with van der Waals surface area (Å²) in [6, 6.07) is 11.5. The number of benzene rings is 2. The van der Waals surface area contributed by atoms with Gasteiger partial charge in [-0.1, -0.05) is 36.1 Å². The molecule has 2 aliphatic rings. The van der Waals surface area contributed by atoms with E-state index >= 15 is 0 Å². The van der Waals surface area contributed by atoms with Crippen LogP contribution in [0.2, 0.25) is 0 Å². The van der Waals surface area contributed by atoms with Crippen molar-refractivity contribution < 1.29 is 28.7 Å². The fraction of sp³-hybridized carbons (Fsp3) is 0.351. The Kier molecular flexibility index (Phi) is 10.1. The molecule has 264 valence electrons. The number of ether oxygens (including phenoxy) is 2. The third-order valence-corrected chi connectivity index (χ3v) is 9.13. The van der Waals surface area contributed by atoms with E-state index in [1.165, 1.54) is 14.2 Å². The Morgan fingerprint density at radius 1 is 0.882 bits per heavy atom. The first kappa shape index (κ1) is 34.8. The van der Waals surface area contributed by atoms with Gasteiger partial charge in [-0.05, 0) is 69.0 Å². The lowest BCUT2D eigenvalue weighted by atomic mass is 10.1. The van der Waals surface area contributed by atoms with E-state index in [1.807, 2.05) is 42.5 Å². The number of likely N-dealkylation sites (tertiary alicyclic amines) is 2. The first-order chi connectivity index (χ1) is 24.5. The van der Waals surface area contributed by atoms with Gasteiger partial charge < -0.3 is 39.9 Å². The fourth-order valence-corrected chi connectivity index (χ4v) is 6.48. The van der Waals surface area contributed by atoms with E-state index in [0.717, 1.165) is 51.8 Å². The van der Waals surface area contributed by atoms with E-state index in [9.17, 15) is 19.2 Å². The van der Waals surface area contributed by atoms with Crippen molar-refractivity contribution in [3.8, 4) is 23.1 Å². The van der Waals surface area contributed by atoms with E-state index in [1.54, 1.807) is 29.8 Å². The van der Waals surface area contributed by atoms with Gasteiger partial charge in [0.25, 0.3) is 0 Å². The quantitative estimate of drug-likeness (QED) is 0.164. The molecular weight excluding hydrogens is 652 g/mol. The van der Waals surface area contributed by atoms with Crippen LogP contribution in [0.25, 0.3) is 22.3 Å². The number of nitrogens with zero attached hydrogens (tertiary/aromatic N) is 4. The predicted octanol–water partition coefficient (Wildman–Crippen LogP) is 4.33. The third kappa shape index (κ3) is 7.57. The van der Waals surface area contributed by atoms with Crippen LogP contribution in [0.1, 0.15) is 68.0 Å². The van der Waals surface area contributed by atoms with Gasteiger partial charge in [0, 0.05) is 24.2 Å². The van der Waals surface area contributed by atoms with Crippen molar-refractivity contribution in [3.63, 3.8) is 0 Å². The molecule has 4 amide bonds. The highest BCUT2D eigenvalue weighted by molar-refractivity contribution is 5.87. The van der Waals surface area contributed by atoms with Gasteiger partial charge in [-0.25, -0.2) is 19.6 Å². The van der Waals surface area contributed by atoms with E-state index in [-0.39, 0.29) is 23.9 Å². The molecule has 0 radical (unpaired) electrons. The number of aromatic nitrogens is 4. The van der Waals surface area contributed by atoms with E-state index in [0.29, 0.717) is 31.2 Å². The van der Waals surface area contributed by atoms with Gasteiger partial charge in [0.05, 0.1) is 49.2 Å². The number of methoxy groups -OCH3 is 2. The molecule has 14 heteroatoms. The van der Waals surface area contributed by atoms with Gasteiger partial charge in [-0.15, -0.1) is 0 Å². The Morgan fingerprint density at radius 3 is 2.22 bits per heavy atom. The average Bonchev–Trinajstić information content (AvgIpc) is 3.95. The van der Waals surface area contributed by atoms with Crippen molar-refractivity contribution in [2.24, 2.45) is 0 Å². The molecular formula is C37H40N8O6. The molecule has 14 nitrogen and oxygen atoms in total. The number of nitrogens with one attached hydrogen (secondary N) is 4. The van der Waals surface area contributed by atoms with Crippen LogP contribution in [0.5, 0.6) is 0 Å². The summed E-state index contributed by atoms with van der Waals surface area (Å²) in [6.07, 6.45) is 2.59. The minimum atomic E-state index is -0.763. The number of carbonyl (C=O) groups is 4. The van der Waals surface area contributed by atoms with E-state index in [2.05, 4.69) is 53.5 Å². The number of rotatable bonds is 7. The van der Waals surface area contributed by atoms with Gasteiger partial charge in [-0.2, -0.15) is 0 Å². The summed E-state index contributed by atoms with van der Waals surface area (Å²) in [5.74, 6) is 7.36. The molecule has 51 heavy (non-hydrogen) atoms. The van der Waals surface area contributed by atoms with Gasteiger partial charge in [0.15, 0.2) is 0 Å². The smallest absolute Gasteiger partial charge is 0.407 e. The maximum absolute atomic E-state index is 13.1. The first-order valence-corrected chi connectivity index (χ1v) is 16.7. The maximum atomic E-state index is 13.1. The van der Waals surface area contributed by atoms with E-state index < -0.39 is 24.3 Å². The summed E-state index contributed by atoms with van der Waals surface area (Å²) >= 11 is 0. The lowest BCUT2D eigenvalue weighted by Crippen LogP contribution is -2.46. The number of hydrogen-bond acceptors (Lipinski definition) is 8. The SMILES string of the molecule is C=C1C[C@@H](c2ncc(-c3ccc(C#Cc4ccc5nc([C@@H]6CCCN6C(=O)C(C)NC(=O)OC)[nH]c5c4)cc3)[nH]2)N(C(=O)C(C)NC(=O)OC)C1. The third-order valence-electron chi connectivity index (χ3n) is 9.13. The minimum absolute atomic E-state index is 0.186. The van der Waals surface area contributed by atoms with Crippen LogP contribution in [-0.4, -0.2) is 93.1 Å². The Bertz CT molecular complexity index is 2040. The molecule has 6 rings (SSSR count). The maximum Gasteiger partial charge on any atom is 0.407 e. The van der Waals surface area contributed by atoms with Gasteiger partial charge >= 0.3 is 12.2 Å². The largest absolute Gasteiger partial charge is 0.453 e. The van der Waals surface area contributed by atoms with Crippen molar-refractivity contribution in [3.05, 3.63) is 83.6 Å². The predicted molar refractivity (Wildman–Crippen MR) is 188 cm³/mol. The van der Waals surface area contributed by atoms with Crippen molar-refractivity contribution in [2.45, 2.75) is 57.3 Å². The number of fused-ring (bicyclic) bond motifs is 1. The molecule has 0 saturated carbocycles. The number of amides is 4. The van der Waals surface area contributed by atoms with Crippen LogP contribution < -0.4 is 10.6 Å². The molecule has 4 aromatic rings. The van der Waals surface area contributed by atoms with E-state index in [4.69, 9.17) is 4.98 Å². The highest BCUT2D eigenvalue weighted by atomic mass is 16.5. The molecule has 4 heterocycles. The summed E-state index contributed by atoms with van der Waals surface area (Å²) in [6.45, 7) is 8.30. The Labute approximate surface area is 295 Å². The van der Waals surface area contributed by atoms with Crippen molar-refractivity contribution in [1.82, 2.24) is 40.4 Å². The monoisotopic (exact) mass is 692 g/mol. The Hall–Kier alpha value is -6.10. The summed E-state index contributed by atoms with van der Waals surface area (Å²) in [4.78, 5) is 69.0. The second-order valence-electron chi connectivity index (χ2n) is 12.7. The number of aromatic amines is 2. The first-order valence-electron chi connectivity index (χ1n) is 16.7. The lowest BCUT2D eigenvalue weighted by Gasteiger charge is -2.26. The van der Waals surface area contributed by atoms with Gasteiger partial charge in [0.2, 0.25) is 11.8 Å². The zero-order valence-corrected chi connectivity index (χ0v) is 28.9. The van der Waals surface area contributed by atoms with Crippen LogP contribution in [0.15, 0.2) is 60.8 Å². The molecule has 0 aliphatic carbocycles. The molecule has 0 bridgehead atoms. The van der Waals surface area contributed by atoms with Crippen molar-refractivity contribution >= 4 is 35.0 Å². The van der Waals surface area contributed by atoms with Crippen molar-refractivity contribution in [1.29, 1.82) is 0 Å². The molecule has 2 fully saturated rings. The topological polar surface area (TPSA) is 175 Å². The molecule has 2 unspecified atom stereocenters. The Balaban J connectivity index is 1.12. The molecule has 4 atom stereocenters. The molecule has 2 saturated heterocycles. The summed E-state index contributed by atoms with van der Waals surface area (Å²) in [7, 11) is 2.52. The van der Waals surface area contributed by atoms with Crippen LogP contribution in [0.4, 0.5) is 9.59 Å². The average molecular weight is 693 g/mol. The van der Waals surface area contributed by atoms with Gasteiger partial charge in [-0.3, -0.25) is 9.59 Å². The Morgan fingerprint density at radius 2 is 1.53 bits per heavy atom. The number of carbonyl (C=O) groups excluding carboxylic acids is 4. The number of imidazole rings is 2. The molecule has 4 N–H and O–H groups in total. The second kappa shape index (κ2) is 14.8. The standard InChI is InChI=1S/C37H40N8O6/c1-21-17-31(45(20-21)35(47)23(3)40-37(49)51-5)32-38-19-29(43-32)26-13-10-24(11-14-26)8-9-25-12-15-27-28(18-25)42-33(41-27)30-7-6-16-44(30)34(46)22(2)39-36(48)50-4/h10-15,18-19,22-23,30-31H,1,6-7,16-17,20H2,2-5H3,(H,38,43)(H,39,48)(H,40,49)(H,41,42)/t22?,23?,30-,31-/m0/s1. The zero-order chi connectivity index (χ0) is 36.2. The second-order valence-corrected chi connectivity index (χ2v) is 12.7. The lowest BCUT2D eigenvalue weighted by molar-refractivity contribution is -0.134. The van der Waals surface area contributed by atoms with Crippen LogP contribution in [-0.2, 0) is 19.1 Å². The van der Waals surface area contributed by atoms with Crippen molar-refractivity contribution in [2.75, 3.05) is 27.3 Å². The number of H-pyrrole nitrogens is 2. The molecule has 2 aromatic heterocycles. The summed E-state index contributed by atoms with van der Waals surface area (Å²) in [5.41, 5.74) is 5.85. The minimum Gasteiger partial charge on any atom is -0.453 e. The summed E-state index contributed by atoms with van der Waals surface area (Å²) in [5, 5.41) is 5.08. The highest BCUT2D eigenvalue weighted by Gasteiger charge is 2.37. The summed E-state index contributed by atoms with van der Waals surface area (Å²) < 4.78 is 9.27. The molecule has 2 aromatic carbocycles. The van der Waals surface area contributed by atoms with Crippen LogP contribution in [0.3, 0.4) is 0 Å². The number of alkyl carbamates (subject to hydrolysis) is 2. The normalized spacial score (nSPS) is 18.2. The van der Waals surface area contributed by atoms with Crippen LogP contribution in [0, 0.1) is 11.8 Å².